The fourth-order valence-corrected chi connectivity index (χ4v) is 4.47. The Morgan fingerprint density at radius 1 is 1.00 bits per heavy atom. The number of rotatable bonds is 4. The monoisotopic (exact) mass is 352 g/mol. The van der Waals surface area contributed by atoms with E-state index in [1.165, 1.54) is 0 Å². The van der Waals surface area contributed by atoms with E-state index in [2.05, 4.69) is 7.05 Å². The average Bonchev–Trinajstić information content (AvgIpc) is 2.69. The van der Waals surface area contributed by atoms with Crippen molar-refractivity contribution in [2.24, 2.45) is 5.92 Å². The minimum atomic E-state index is -1.78. The molecule has 3 fully saturated rings. The first-order valence-electron chi connectivity index (χ1n) is 9.39. The molecule has 3 heterocycles. The van der Waals surface area contributed by atoms with E-state index >= 15 is 0 Å². The van der Waals surface area contributed by atoms with Gasteiger partial charge in [-0.25, -0.2) is 4.79 Å². The van der Waals surface area contributed by atoms with Crippen LogP contribution in [0.15, 0.2) is 60.7 Å². The summed E-state index contributed by atoms with van der Waals surface area (Å²) in [6.45, 7) is 3.15. The lowest BCUT2D eigenvalue weighted by atomic mass is 9.83. The number of benzene rings is 2. The summed E-state index contributed by atoms with van der Waals surface area (Å²) in [6, 6.07) is 18.2. The normalized spacial score (nSPS) is 27.9. The molecule has 3 aliphatic heterocycles. The zero-order valence-corrected chi connectivity index (χ0v) is 15.2. The number of ether oxygens (including phenoxy) is 1. The first-order valence-corrected chi connectivity index (χ1v) is 9.39. The van der Waals surface area contributed by atoms with Crippen LogP contribution in [0.25, 0.3) is 0 Å². The number of nitrogens with zero attached hydrogens (tertiary/aromatic N) is 1. The minimum Gasteiger partial charge on any atom is -0.453 e. The number of likely N-dealkylation sites (N-methyl/N-ethyl adjacent to an activating group) is 1. The van der Waals surface area contributed by atoms with Crippen molar-refractivity contribution >= 4 is 5.97 Å². The van der Waals surface area contributed by atoms with Crippen molar-refractivity contribution < 1.29 is 19.1 Å². The summed E-state index contributed by atoms with van der Waals surface area (Å²) >= 11 is 0. The van der Waals surface area contributed by atoms with Gasteiger partial charge in [0.15, 0.2) is 6.10 Å². The SMILES string of the molecule is C[N@+]12CC[C@H](CC1)[C@@H](OC(=O)C(O)(c1ccccc1)c1ccccc1)C2. The minimum absolute atomic E-state index is 0.117. The van der Waals surface area contributed by atoms with E-state index in [4.69, 9.17) is 4.74 Å². The second-order valence-corrected chi connectivity index (χ2v) is 7.97. The number of esters is 1. The summed E-state index contributed by atoms with van der Waals surface area (Å²) in [5, 5.41) is 11.5. The van der Waals surface area contributed by atoms with Gasteiger partial charge >= 0.3 is 5.97 Å². The predicted octanol–water partition coefficient (Wildman–Crippen LogP) is 2.70. The Morgan fingerprint density at radius 2 is 1.50 bits per heavy atom. The molecule has 3 aliphatic rings. The molecule has 0 radical (unpaired) electrons. The lowest BCUT2D eigenvalue weighted by Crippen LogP contribution is -2.62. The maximum atomic E-state index is 13.2. The standard InChI is InChI=1S/C22H26NO3/c1-23-14-12-17(13-15-23)20(16-23)26-21(24)22(25,18-8-4-2-5-9-18)19-10-6-3-7-11-19/h2-11,17,20,25H,12-16H2,1H3/q+1/t17-,20-,23+/m0/s1. The number of carbonyl (C=O) groups is 1. The third-order valence-corrected chi connectivity index (χ3v) is 6.16. The van der Waals surface area contributed by atoms with Crippen LogP contribution in [0.5, 0.6) is 0 Å². The Labute approximate surface area is 154 Å². The Kier molecular flexibility index (Phi) is 4.33. The summed E-state index contributed by atoms with van der Waals surface area (Å²) in [5.74, 6) is -0.157. The molecule has 2 bridgehead atoms. The molecular weight excluding hydrogens is 326 g/mol. The van der Waals surface area contributed by atoms with E-state index in [0.29, 0.717) is 17.0 Å². The number of piperidine rings is 3. The second-order valence-electron chi connectivity index (χ2n) is 7.97. The molecule has 0 unspecified atom stereocenters. The molecule has 0 amide bonds. The summed E-state index contributed by atoms with van der Waals surface area (Å²) in [4.78, 5) is 13.2. The predicted molar refractivity (Wildman–Crippen MR) is 99.3 cm³/mol. The van der Waals surface area contributed by atoms with Gasteiger partial charge < -0.3 is 14.3 Å². The molecule has 1 atom stereocenters. The van der Waals surface area contributed by atoms with Crippen LogP contribution in [-0.2, 0) is 15.1 Å². The van der Waals surface area contributed by atoms with E-state index in [-0.39, 0.29) is 6.10 Å². The van der Waals surface area contributed by atoms with Crippen molar-refractivity contribution in [2.45, 2.75) is 24.5 Å². The van der Waals surface area contributed by atoms with E-state index in [9.17, 15) is 9.90 Å². The van der Waals surface area contributed by atoms with Crippen LogP contribution in [0, 0.1) is 5.92 Å². The molecule has 1 N–H and O–H groups in total. The van der Waals surface area contributed by atoms with Gasteiger partial charge in [-0.15, -0.1) is 0 Å². The highest BCUT2D eigenvalue weighted by Crippen LogP contribution is 2.37. The number of hydrogen-bond acceptors (Lipinski definition) is 3. The highest BCUT2D eigenvalue weighted by Gasteiger charge is 2.49. The lowest BCUT2D eigenvalue weighted by Gasteiger charge is -2.50. The largest absolute Gasteiger partial charge is 0.453 e. The van der Waals surface area contributed by atoms with E-state index < -0.39 is 11.6 Å². The van der Waals surface area contributed by atoms with Gasteiger partial charge in [-0.1, -0.05) is 60.7 Å². The maximum absolute atomic E-state index is 13.2. The number of fused-ring (bicyclic) bond motifs is 3. The summed E-state index contributed by atoms with van der Waals surface area (Å²) in [7, 11) is 2.23. The number of carbonyl (C=O) groups excluding carboxylic acids is 1. The molecular formula is C22H26NO3+. The highest BCUT2D eigenvalue weighted by molar-refractivity contribution is 5.85. The molecule has 4 heteroatoms. The summed E-state index contributed by atoms with van der Waals surface area (Å²) in [6.07, 6.45) is 2.06. The van der Waals surface area contributed by atoms with Crippen molar-refractivity contribution in [1.29, 1.82) is 0 Å². The van der Waals surface area contributed by atoms with Crippen molar-refractivity contribution in [1.82, 2.24) is 0 Å². The molecule has 0 spiro atoms. The smallest absolute Gasteiger partial charge is 0.348 e. The van der Waals surface area contributed by atoms with Gasteiger partial charge in [0.25, 0.3) is 0 Å². The third-order valence-electron chi connectivity index (χ3n) is 6.16. The lowest BCUT2D eigenvalue weighted by molar-refractivity contribution is -0.928. The molecule has 2 aromatic rings. The highest BCUT2D eigenvalue weighted by atomic mass is 16.6. The number of aliphatic hydroxyl groups is 1. The van der Waals surface area contributed by atoms with E-state index in [1.807, 2.05) is 36.4 Å². The number of quaternary nitrogens is 1. The third kappa shape index (κ3) is 2.93. The summed E-state index contributed by atoms with van der Waals surface area (Å²) < 4.78 is 6.92. The molecule has 0 aliphatic carbocycles. The first kappa shape index (κ1) is 17.3. The molecule has 26 heavy (non-hydrogen) atoms. The maximum Gasteiger partial charge on any atom is 0.348 e. The average molecular weight is 352 g/mol. The number of hydrogen-bond donors (Lipinski definition) is 1. The van der Waals surface area contributed by atoms with Crippen molar-refractivity contribution in [3.63, 3.8) is 0 Å². The Morgan fingerprint density at radius 3 is 1.96 bits per heavy atom. The molecule has 136 valence electrons. The van der Waals surface area contributed by atoms with Crippen molar-refractivity contribution in [2.75, 3.05) is 26.7 Å². The Hall–Kier alpha value is -2.17. The summed E-state index contributed by atoms with van der Waals surface area (Å²) in [5.41, 5.74) is -0.705. The van der Waals surface area contributed by atoms with Gasteiger partial charge in [0, 0.05) is 18.8 Å². The fraction of sp³-hybridized carbons (Fsp3) is 0.409. The van der Waals surface area contributed by atoms with Crippen LogP contribution in [0.1, 0.15) is 24.0 Å². The van der Waals surface area contributed by atoms with Gasteiger partial charge in [-0.2, -0.15) is 0 Å². The molecule has 0 aromatic heterocycles. The second kappa shape index (κ2) is 6.53. The fourth-order valence-electron chi connectivity index (χ4n) is 4.47. The van der Waals surface area contributed by atoms with Crippen molar-refractivity contribution in [3.8, 4) is 0 Å². The van der Waals surface area contributed by atoms with Crippen LogP contribution in [0.2, 0.25) is 0 Å². The van der Waals surface area contributed by atoms with Crippen LogP contribution >= 0.6 is 0 Å². The Balaban J connectivity index is 1.65. The van der Waals surface area contributed by atoms with E-state index in [0.717, 1.165) is 37.0 Å². The zero-order valence-electron chi connectivity index (χ0n) is 15.2. The topological polar surface area (TPSA) is 46.5 Å². The Bertz CT molecular complexity index is 727. The van der Waals surface area contributed by atoms with Crippen LogP contribution in [0.4, 0.5) is 0 Å². The van der Waals surface area contributed by atoms with Gasteiger partial charge in [0.2, 0.25) is 5.60 Å². The molecule has 4 nitrogen and oxygen atoms in total. The van der Waals surface area contributed by atoms with Gasteiger partial charge in [-0.05, 0) is 11.1 Å². The van der Waals surface area contributed by atoms with E-state index in [1.54, 1.807) is 24.3 Å². The first-order chi connectivity index (χ1) is 12.5. The molecule has 5 rings (SSSR count). The molecule has 2 aromatic carbocycles. The van der Waals surface area contributed by atoms with Crippen LogP contribution in [-0.4, -0.2) is 48.3 Å². The van der Waals surface area contributed by atoms with Crippen LogP contribution < -0.4 is 0 Å². The van der Waals surface area contributed by atoms with Crippen LogP contribution in [0.3, 0.4) is 0 Å². The zero-order chi connectivity index (χ0) is 18.2. The molecule has 0 saturated carbocycles. The van der Waals surface area contributed by atoms with Gasteiger partial charge in [0.1, 0.15) is 6.54 Å². The van der Waals surface area contributed by atoms with Crippen molar-refractivity contribution in [3.05, 3.63) is 71.8 Å². The van der Waals surface area contributed by atoms with Gasteiger partial charge in [-0.3, -0.25) is 0 Å². The quantitative estimate of drug-likeness (QED) is 0.680. The van der Waals surface area contributed by atoms with Gasteiger partial charge in [0.05, 0.1) is 20.1 Å². The molecule has 3 saturated heterocycles.